The summed E-state index contributed by atoms with van der Waals surface area (Å²) in [6.45, 7) is 10.2. The van der Waals surface area contributed by atoms with E-state index in [9.17, 15) is 9.59 Å². The van der Waals surface area contributed by atoms with E-state index >= 15 is 0 Å². The van der Waals surface area contributed by atoms with E-state index in [0.29, 0.717) is 26.2 Å². The van der Waals surface area contributed by atoms with Gasteiger partial charge in [0.1, 0.15) is 0 Å². The standard InChI is InChI=1S/C17H34N4O2/c1-4-6-7-8-9-15(3)19-17(23)21-12-10-20(11-13-21)14-16(22)18-5-2/h15H,4-14H2,1-3H3,(H,18,22)(H,19,23). The number of nitrogens with zero attached hydrogens (tertiary/aromatic N) is 2. The van der Waals surface area contributed by atoms with Crippen LogP contribution in [0.15, 0.2) is 0 Å². The number of hydrogen-bond acceptors (Lipinski definition) is 3. The summed E-state index contributed by atoms with van der Waals surface area (Å²) >= 11 is 0. The van der Waals surface area contributed by atoms with Gasteiger partial charge in [-0.2, -0.15) is 0 Å². The molecule has 0 saturated carbocycles. The summed E-state index contributed by atoms with van der Waals surface area (Å²) in [4.78, 5) is 27.8. The Morgan fingerprint density at radius 3 is 2.35 bits per heavy atom. The van der Waals surface area contributed by atoms with Gasteiger partial charge in [0.15, 0.2) is 0 Å². The third-order valence-corrected chi connectivity index (χ3v) is 4.26. The molecule has 1 rings (SSSR count). The van der Waals surface area contributed by atoms with Crippen LogP contribution in [0.5, 0.6) is 0 Å². The topological polar surface area (TPSA) is 64.7 Å². The minimum atomic E-state index is 0.0330. The Labute approximate surface area is 141 Å². The van der Waals surface area contributed by atoms with Gasteiger partial charge in [-0.05, 0) is 20.3 Å². The summed E-state index contributed by atoms with van der Waals surface area (Å²) in [7, 11) is 0. The minimum Gasteiger partial charge on any atom is -0.355 e. The lowest BCUT2D eigenvalue weighted by atomic mass is 10.1. The van der Waals surface area contributed by atoms with Crippen molar-refractivity contribution < 1.29 is 9.59 Å². The molecule has 1 fully saturated rings. The van der Waals surface area contributed by atoms with Crippen molar-refractivity contribution in [2.24, 2.45) is 0 Å². The van der Waals surface area contributed by atoms with Crippen LogP contribution in [-0.2, 0) is 4.79 Å². The van der Waals surface area contributed by atoms with E-state index < -0.39 is 0 Å². The van der Waals surface area contributed by atoms with E-state index in [4.69, 9.17) is 0 Å². The van der Waals surface area contributed by atoms with Gasteiger partial charge >= 0.3 is 6.03 Å². The molecule has 1 aliphatic rings. The first kappa shape index (κ1) is 19.7. The second-order valence-corrected chi connectivity index (χ2v) is 6.42. The van der Waals surface area contributed by atoms with Gasteiger partial charge in [0, 0.05) is 38.8 Å². The maximum atomic E-state index is 12.2. The van der Waals surface area contributed by atoms with Gasteiger partial charge in [0.05, 0.1) is 6.54 Å². The van der Waals surface area contributed by atoms with Gasteiger partial charge in [0.2, 0.25) is 5.91 Å². The Kier molecular flexibility index (Phi) is 9.67. The van der Waals surface area contributed by atoms with Crippen molar-refractivity contribution in [2.75, 3.05) is 39.3 Å². The number of nitrogens with one attached hydrogen (secondary N) is 2. The number of carbonyl (C=O) groups is 2. The molecule has 1 heterocycles. The number of amides is 3. The molecule has 0 aromatic carbocycles. The van der Waals surface area contributed by atoms with Crippen molar-refractivity contribution in [1.29, 1.82) is 0 Å². The highest BCUT2D eigenvalue weighted by atomic mass is 16.2. The fourth-order valence-electron chi connectivity index (χ4n) is 2.82. The van der Waals surface area contributed by atoms with Gasteiger partial charge in [-0.25, -0.2) is 4.79 Å². The van der Waals surface area contributed by atoms with Crippen LogP contribution in [0.2, 0.25) is 0 Å². The Morgan fingerprint density at radius 2 is 1.74 bits per heavy atom. The lowest BCUT2D eigenvalue weighted by Gasteiger charge is -2.34. The molecule has 6 heteroatoms. The zero-order valence-corrected chi connectivity index (χ0v) is 15.1. The molecule has 0 aromatic rings. The van der Waals surface area contributed by atoms with Crippen LogP contribution < -0.4 is 10.6 Å². The largest absolute Gasteiger partial charge is 0.355 e. The fourth-order valence-corrected chi connectivity index (χ4v) is 2.82. The van der Waals surface area contributed by atoms with Crippen molar-refractivity contribution >= 4 is 11.9 Å². The van der Waals surface area contributed by atoms with E-state index in [-0.39, 0.29) is 18.0 Å². The van der Waals surface area contributed by atoms with Gasteiger partial charge in [0.25, 0.3) is 0 Å². The lowest BCUT2D eigenvalue weighted by molar-refractivity contribution is -0.122. The van der Waals surface area contributed by atoms with E-state index in [1.165, 1.54) is 25.7 Å². The summed E-state index contributed by atoms with van der Waals surface area (Å²) in [5.74, 6) is 0.0612. The number of hydrogen-bond donors (Lipinski definition) is 2. The predicted molar refractivity (Wildman–Crippen MR) is 93.4 cm³/mol. The average Bonchev–Trinajstić information content (AvgIpc) is 2.52. The summed E-state index contributed by atoms with van der Waals surface area (Å²) in [6, 6.07) is 0.262. The molecule has 2 N–H and O–H groups in total. The third-order valence-electron chi connectivity index (χ3n) is 4.26. The van der Waals surface area contributed by atoms with E-state index in [2.05, 4.69) is 29.4 Å². The summed E-state index contributed by atoms with van der Waals surface area (Å²) in [5, 5.41) is 5.90. The maximum Gasteiger partial charge on any atom is 0.317 e. The van der Waals surface area contributed by atoms with Crippen molar-refractivity contribution in [3.05, 3.63) is 0 Å². The molecule has 0 bridgehead atoms. The molecule has 23 heavy (non-hydrogen) atoms. The number of piperazine rings is 1. The summed E-state index contributed by atoms with van der Waals surface area (Å²) in [6.07, 6.45) is 5.98. The molecule has 1 aliphatic heterocycles. The number of urea groups is 1. The molecule has 1 saturated heterocycles. The van der Waals surface area contributed by atoms with Crippen LogP contribution in [0.4, 0.5) is 4.79 Å². The molecule has 0 aliphatic carbocycles. The summed E-state index contributed by atoms with van der Waals surface area (Å²) < 4.78 is 0. The van der Waals surface area contributed by atoms with Gasteiger partial charge in [-0.15, -0.1) is 0 Å². The van der Waals surface area contributed by atoms with Crippen LogP contribution in [-0.4, -0.2) is 67.0 Å². The molecule has 1 unspecified atom stereocenters. The number of carbonyl (C=O) groups excluding carboxylic acids is 2. The first-order valence-electron chi connectivity index (χ1n) is 9.11. The van der Waals surface area contributed by atoms with Crippen LogP contribution in [0.1, 0.15) is 52.9 Å². The Balaban J connectivity index is 2.20. The molecule has 134 valence electrons. The first-order valence-corrected chi connectivity index (χ1v) is 9.11. The van der Waals surface area contributed by atoms with Crippen LogP contribution in [0, 0.1) is 0 Å². The van der Waals surface area contributed by atoms with Crippen molar-refractivity contribution in [1.82, 2.24) is 20.4 Å². The lowest BCUT2D eigenvalue weighted by Crippen LogP contribution is -2.54. The molecular weight excluding hydrogens is 292 g/mol. The third kappa shape index (κ3) is 8.21. The van der Waals surface area contributed by atoms with E-state index in [1.807, 2.05) is 11.8 Å². The van der Waals surface area contributed by atoms with Crippen molar-refractivity contribution in [3.63, 3.8) is 0 Å². The average molecular weight is 326 g/mol. The van der Waals surface area contributed by atoms with Crippen LogP contribution in [0.25, 0.3) is 0 Å². The Bertz CT molecular complexity index is 355. The highest BCUT2D eigenvalue weighted by Crippen LogP contribution is 2.07. The van der Waals surface area contributed by atoms with Crippen molar-refractivity contribution in [2.45, 2.75) is 58.9 Å². The van der Waals surface area contributed by atoms with Crippen LogP contribution in [0.3, 0.4) is 0 Å². The molecule has 0 aromatic heterocycles. The smallest absolute Gasteiger partial charge is 0.317 e. The molecule has 0 radical (unpaired) electrons. The Morgan fingerprint density at radius 1 is 1.04 bits per heavy atom. The van der Waals surface area contributed by atoms with Gasteiger partial charge in [-0.1, -0.05) is 32.6 Å². The van der Waals surface area contributed by atoms with E-state index in [1.54, 1.807) is 0 Å². The number of likely N-dealkylation sites (N-methyl/N-ethyl adjacent to an activating group) is 1. The normalized spacial score (nSPS) is 16.9. The highest BCUT2D eigenvalue weighted by Gasteiger charge is 2.22. The maximum absolute atomic E-state index is 12.2. The van der Waals surface area contributed by atoms with Gasteiger partial charge < -0.3 is 15.5 Å². The van der Waals surface area contributed by atoms with Crippen molar-refractivity contribution in [3.8, 4) is 0 Å². The second kappa shape index (κ2) is 11.3. The second-order valence-electron chi connectivity index (χ2n) is 6.42. The SMILES string of the molecule is CCCCCCC(C)NC(=O)N1CCN(CC(=O)NCC)CC1. The highest BCUT2D eigenvalue weighted by molar-refractivity contribution is 5.78. The quantitative estimate of drug-likeness (QED) is 0.635. The van der Waals surface area contributed by atoms with Crippen LogP contribution >= 0.6 is 0 Å². The Hall–Kier alpha value is -1.30. The monoisotopic (exact) mass is 326 g/mol. The molecule has 1 atom stereocenters. The minimum absolute atomic E-state index is 0.0330. The molecule has 0 spiro atoms. The predicted octanol–water partition coefficient (Wildman–Crippen LogP) is 1.81. The fraction of sp³-hybridized carbons (Fsp3) is 0.882. The molecule has 3 amide bonds. The molecule has 6 nitrogen and oxygen atoms in total. The summed E-state index contributed by atoms with van der Waals surface area (Å²) in [5.41, 5.74) is 0. The zero-order chi connectivity index (χ0) is 17.1. The zero-order valence-electron chi connectivity index (χ0n) is 15.1. The first-order chi connectivity index (χ1) is 11.1. The molecular formula is C17H34N4O2. The van der Waals surface area contributed by atoms with E-state index in [0.717, 1.165) is 19.5 Å². The van der Waals surface area contributed by atoms with Gasteiger partial charge in [-0.3, -0.25) is 9.69 Å². The number of unbranched alkanes of at least 4 members (excludes halogenated alkanes) is 3. The number of rotatable bonds is 9.